The van der Waals surface area contributed by atoms with Crippen LogP contribution in [0.15, 0.2) is 18.2 Å². The average molecular weight is 346 g/mol. The number of amides is 1. The van der Waals surface area contributed by atoms with Gasteiger partial charge in [0.15, 0.2) is 5.78 Å². The summed E-state index contributed by atoms with van der Waals surface area (Å²) in [5.74, 6) is -0.355. The molecular formula is C15H17Cl2NO4. The predicted molar refractivity (Wildman–Crippen MR) is 83.8 cm³/mol. The number of ketones is 1. The summed E-state index contributed by atoms with van der Waals surface area (Å²) in [7, 11) is 0. The van der Waals surface area contributed by atoms with Crippen molar-refractivity contribution in [3.05, 3.63) is 33.8 Å². The molecule has 2 rings (SSSR count). The number of halogens is 2. The highest BCUT2D eigenvalue weighted by Crippen LogP contribution is 2.38. The maximum atomic E-state index is 13.0. The minimum Gasteiger partial charge on any atom is -0.465 e. The zero-order valence-corrected chi connectivity index (χ0v) is 13.6. The molecule has 120 valence electrons. The Hall–Kier alpha value is -1.30. The average Bonchev–Trinajstić information content (AvgIpc) is 2.79. The van der Waals surface area contributed by atoms with Gasteiger partial charge in [-0.15, -0.1) is 0 Å². The summed E-state index contributed by atoms with van der Waals surface area (Å²) in [6.45, 7) is 1.80. The summed E-state index contributed by atoms with van der Waals surface area (Å²) in [5.41, 5.74) is -0.958. The molecule has 1 unspecified atom stereocenters. The Bertz CT molecular complexity index is 607. The first-order valence-corrected chi connectivity index (χ1v) is 7.76. The van der Waals surface area contributed by atoms with Crippen molar-refractivity contribution in [1.82, 2.24) is 4.90 Å². The first-order valence-electron chi connectivity index (χ1n) is 7.00. The van der Waals surface area contributed by atoms with E-state index >= 15 is 0 Å². The number of likely N-dealkylation sites (tertiary alicyclic amines) is 1. The first kappa shape index (κ1) is 17.1. The molecular weight excluding hydrogens is 329 g/mol. The van der Waals surface area contributed by atoms with Gasteiger partial charge in [0.25, 0.3) is 0 Å². The number of carbonyl (C=O) groups excluding carboxylic acids is 1. The molecule has 1 aromatic rings. The van der Waals surface area contributed by atoms with Crippen LogP contribution in [0, 0.1) is 0 Å². The minimum atomic E-state index is -1.25. The first-order chi connectivity index (χ1) is 10.3. The fourth-order valence-electron chi connectivity index (χ4n) is 3.10. The highest BCUT2D eigenvalue weighted by molar-refractivity contribution is 6.42. The number of hydrogen-bond donors (Lipinski definition) is 2. The van der Waals surface area contributed by atoms with Crippen molar-refractivity contribution in [3.63, 3.8) is 0 Å². The number of Topliss-reactive ketones (excluding diaryl/α,β-unsaturated/α-hetero) is 1. The van der Waals surface area contributed by atoms with Gasteiger partial charge >= 0.3 is 6.09 Å². The second kappa shape index (κ2) is 6.44. The lowest BCUT2D eigenvalue weighted by Crippen LogP contribution is -2.52. The van der Waals surface area contributed by atoms with Crippen LogP contribution >= 0.6 is 23.2 Å². The lowest BCUT2D eigenvalue weighted by atomic mass is 9.82. The number of nitrogens with zero attached hydrogens (tertiary/aromatic N) is 1. The number of benzene rings is 1. The number of aliphatic hydroxyl groups is 1. The second-order valence-corrected chi connectivity index (χ2v) is 6.31. The highest BCUT2D eigenvalue weighted by Gasteiger charge is 2.52. The normalized spacial score (nSPS) is 24.5. The molecule has 1 saturated heterocycles. The molecule has 7 heteroatoms. The molecule has 0 bridgehead atoms. The van der Waals surface area contributed by atoms with Crippen LogP contribution in [0.5, 0.6) is 0 Å². The highest BCUT2D eigenvalue weighted by atomic mass is 35.5. The molecule has 1 heterocycles. The summed E-state index contributed by atoms with van der Waals surface area (Å²) < 4.78 is 0. The van der Waals surface area contributed by atoms with Crippen LogP contribution in [-0.2, 0) is 0 Å². The molecule has 1 fully saturated rings. The fraction of sp³-hybridized carbons (Fsp3) is 0.467. The van der Waals surface area contributed by atoms with Gasteiger partial charge in [0.1, 0.15) is 5.54 Å². The van der Waals surface area contributed by atoms with Crippen LogP contribution in [0.4, 0.5) is 4.79 Å². The van der Waals surface area contributed by atoms with Crippen LogP contribution in [0.25, 0.3) is 0 Å². The van der Waals surface area contributed by atoms with E-state index in [1.165, 1.54) is 18.2 Å². The van der Waals surface area contributed by atoms with Crippen molar-refractivity contribution in [3.8, 4) is 0 Å². The van der Waals surface area contributed by atoms with E-state index in [0.29, 0.717) is 23.4 Å². The topological polar surface area (TPSA) is 77.8 Å². The van der Waals surface area contributed by atoms with E-state index in [9.17, 15) is 19.8 Å². The van der Waals surface area contributed by atoms with Gasteiger partial charge in [0, 0.05) is 12.0 Å². The van der Waals surface area contributed by atoms with Crippen molar-refractivity contribution in [2.24, 2.45) is 0 Å². The van der Waals surface area contributed by atoms with Crippen LogP contribution in [0.1, 0.15) is 36.5 Å². The quantitative estimate of drug-likeness (QED) is 0.819. The molecule has 2 atom stereocenters. The van der Waals surface area contributed by atoms with Gasteiger partial charge in [0.05, 0.1) is 22.7 Å². The SMILES string of the molecule is CCCC1(C(=O)c2ccc(Cl)c(Cl)c2)C[C@@H](O)CN1C(=O)O. The molecule has 1 aliphatic rings. The Labute approximate surface area is 138 Å². The smallest absolute Gasteiger partial charge is 0.408 e. The third-order valence-corrected chi connectivity index (χ3v) is 4.72. The lowest BCUT2D eigenvalue weighted by Gasteiger charge is -2.35. The largest absolute Gasteiger partial charge is 0.465 e. The van der Waals surface area contributed by atoms with E-state index in [2.05, 4.69) is 0 Å². The maximum Gasteiger partial charge on any atom is 0.408 e. The Kier molecular flexibility index (Phi) is 5.00. The van der Waals surface area contributed by atoms with Crippen molar-refractivity contribution >= 4 is 35.1 Å². The number of β-amino-alcohol motifs (C(OH)–C–C–N with tert-alkyl or cyclic N) is 1. The van der Waals surface area contributed by atoms with Gasteiger partial charge in [-0.3, -0.25) is 9.69 Å². The Morgan fingerprint density at radius 2 is 2.05 bits per heavy atom. The molecule has 1 amide bonds. The number of rotatable bonds is 4. The molecule has 0 saturated carbocycles. The van der Waals surface area contributed by atoms with E-state index in [0.717, 1.165) is 4.90 Å². The molecule has 22 heavy (non-hydrogen) atoms. The van der Waals surface area contributed by atoms with Crippen LogP contribution in [-0.4, -0.2) is 45.2 Å². The van der Waals surface area contributed by atoms with E-state index in [-0.39, 0.29) is 23.8 Å². The number of carboxylic acid groups (broad SMARTS) is 1. The van der Waals surface area contributed by atoms with E-state index in [1.54, 1.807) is 0 Å². The Morgan fingerprint density at radius 1 is 1.36 bits per heavy atom. The number of aliphatic hydroxyl groups excluding tert-OH is 1. The van der Waals surface area contributed by atoms with Crippen molar-refractivity contribution < 1.29 is 19.8 Å². The molecule has 0 spiro atoms. The molecule has 0 radical (unpaired) electrons. The number of hydrogen-bond acceptors (Lipinski definition) is 3. The maximum absolute atomic E-state index is 13.0. The van der Waals surface area contributed by atoms with Crippen molar-refractivity contribution in [1.29, 1.82) is 0 Å². The van der Waals surface area contributed by atoms with Gasteiger partial charge in [0.2, 0.25) is 0 Å². The fourth-order valence-corrected chi connectivity index (χ4v) is 3.39. The summed E-state index contributed by atoms with van der Waals surface area (Å²) in [4.78, 5) is 25.5. The molecule has 1 aliphatic heterocycles. The van der Waals surface area contributed by atoms with Gasteiger partial charge in [-0.1, -0.05) is 36.5 Å². The van der Waals surface area contributed by atoms with Crippen LogP contribution < -0.4 is 0 Å². The second-order valence-electron chi connectivity index (χ2n) is 5.49. The minimum absolute atomic E-state index is 0.0671. The zero-order valence-electron chi connectivity index (χ0n) is 12.1. The van der Waals surface area contributed by atoms with Crippen molar-refractivity contribution in [2.45, 2.75) is 37.8 Å². The van der Waals surface area contributed by atoms with Crippen molar-refractivity contribution in [2.75, 3.05) is 6.54 Å². The monoisotopic (exact) mass is 345 g/mol. The summed E-state index contributed by atoms with van der Waals surface area (Å²) in [6.07, 6.45) is -1.02. The standard InChI is InChI=1S/C15H17Cl2NO4/c1-2-5-15(7-10(19)8-18(15)14(21)22)13(20)9-3-4-11(16)12(17)6-9/h3-4,6,10,19H,2,5,7-8H2,1H3,(H,21,22)/t10-,15?/m1/s1. The molecule has 5 nitrogen and oxygen atoms in total. The molecule has 0 aromatic heterocycles. The molecule has 1 aromatic carbocycles. The van der Waals surface area contributed by atoms with Crippen LogP contribution in [0.2, 0.25) is 10.0 Å². The van der Waals surface area contributed by atoms with E-state index in [1.807, 2.05) is 6.92 Å². The van der Waals surface area contributed by atoms with Gasteiger partial charge in [-0.2, -0.15) is 0 Å². The zero-order chi connectivity index (χ0) is 16.5. The predicted octanol–water partition coefficient (Wildman–Crippen LogP) is 3.46. The number of carbonyl (C=O) groups is 2. The third-order valence-electron chi connectivity index (χ3n) is 3.98. The van der Waals surface area contributed by atoms with E-state index in [4.69, 9.17) is 23.2 Å². The van der Waals surface area contributed by atoms with Gasteiger partial charge < -0.3 is 10.2 Å². The van der Waals surface area contributed by atoms with Gasteiger partial charge in [-0.05, 0) is 24.6 Å². The molecule has 2 N–H and O–H groups in total. The Balaban J connectivity index is 2.47. The van der Waals surface area contributed by atoms with Gasteiger partial charge in [-0.25, -0.2) is 4.79 Å². The summed E-state index contributed by atoms with van der Waals surface area (Å²) >= 11 is 11.8. The van der Waals surface area contributed by atoms with E-state index < -0.39 is 17.7 Å². The molecule has 0 aliphatic carbocycles. The lowest BCUT2D eigenvalue weighted by molar-refractivity contribution is 0.0616. The summed E-state index contributed by atoms with van der Waals surface area (Å²) in [5, 5.41) is 19.9. The Morgan fingerprint density at radius 3 is 2.59 bits per heavy atom. The van der Waals surface area contributed by atoms with Crippen LogP contribution in [0.3, 0.4) is 0 Å². The summed E-state index contributed by atoms with van der Waals surface area (Å²) in [6, 6.07) is 4.47. The third kappa shape index (κ3) is 2.93.